The van der Waals surface area contributed by atoms with Crippen LogP contribution in [-0.2, 0) is 16.6 Å². The second kappa shape index (κ2) is 5.60. The molecule has 0 aliphatic heterocycles. The Morgan fingerprint density at radius 2 is 2.00 bits per heavy atom. The fourth-order valence-electron chi connectivity index (χ4n) is 1.92. The highest BCUT2D eigenvalue weighted by molar-refractivity contribution is 7.89. The van der Waals surface area contributed by atoms with Gasteiger partial charge in [0.15, 0.2) is 5.03 Å². The number of hydrogen-bond acceptors (Lipinski definition) is 4. The molecule has 0 saturated carbocycles. The van der Waals surface area contributed by atoms with Crippen molar-refractivity contribution < 1.29 is 8.42 Å². The van der Waals surface area contributed by atoms with Crippen LogP contribution in [0.2, 0.25) is 0 Å². The number of benzene rings is 1. The highest BCUT2D eigenvalue weighted by atomic mass is 32.2. The number of anilines is 1. The Balaban J connectivity index is 2.29. The lowest BCUT2D eigenvalue weighted by atomic mass is 10.1. The van der Waals surface area contributed by atoms with Gasteiger partial charge in [-0.1, -0.05) is 29.8 Å². The van der Waals surface area contributed by atoms with Gasteiger partial charge in [0, 0.05) is 19.8 Å². The molecule has 1 aromatic heterocycles. The summed E-state index contributed by atoms with van der Waals surface area (Å²) in [6, 6.07) is 10.8. The first kappa shape index (κ1) is 14.5. The topological polar surface area (TPSA) is 76.3 Å². The second-order valence-corrected chi connectivity index (χ2v) is 6.61. The first-order valence-corrected chi connectivity index (χ1v) is 7.57. The molecule has 6 heteroatoms. The average molecular weight is 291 g/mol. The van der Waals surface area contributed by atoms with Crippen molar-refractivity contribution in [2.24, 2.45) is 0 Å². The number of pyridine rings is 1. The van der Waals surface area contributed by atoms with E-state index in [4.69, 9.17) is 5.73 Å². The van der Waals surface area contributed by atoms with Crippen molar-refractivity contribution in [3.8, 4) is 0 Å². The molecular weight excluding hydrogens is 274 g/mol. The Kier molecular flexibility index (Phi) is 4.06. The third kappa shape index (κ3) is 2.97. The third-order valence-electron chi connectivity index (χ3n) is 2.94. The third-order valence-corrected chi connectivity index (χ3v) is 4.72. The Labute approximate surface area is 119 Å². The average Bonchev–Trinajstić information content (AvgIpc) is 2.39. The van der Waals surface area contributed by atoms with E-state index in [1.807, 2.05) is 31.2 Å². The molecule has 0 bridgehead atoms. The maximum absolute atomic E-state index is 12.4. The van der Waals surface area contributed by atoms with E-state index < -0.39 is 10.0 Å². The van der Waals surface area contributed by atoms with Gasteiger partial charge < -0.3 is 5.73 Å². The van der Waals surface area contributed by atoms with Crippen LogP contribution in [-0.4, -0.2) is 24.8 Å². The summed E-state index contributed by atoms with van der Waals surface area (Å²) in [5.41, 5.74) is 7.86. The Morgan fingerprint density at radius 1 is 1.25 bits per heavy atom. The van der Waals surface area contributed by atoms with Crippen molar-refractivity contribution in [1.29, 1.82) is 0 Å². The summed E-state index contributed by atoms with van der Waals surface area (Å²) in [6.45, 7) is 2.24. The molecule has 106 valence electrons. The van der Waals surface area contributed by atoms with Crippen LogP contribution in [0.3, 0.4) is 0 Å². The van der Waals surface area contributed by atoms with E-state index in [1.165, 1.54) is 23.6 Å². The number of rotatable bonds is 4. The monoisotopic (exact) mass is 291 g/mol. The van der Waals surface area contributed by atoms with Crippen molar-refractivity contribution in [3.05, 3.63) is 53.7 Å². The zero-order valence-electron chi connectivity index (χ0n) is 11.4. The molecule has 0 aliphatic carbocycles. The van der Waals surface area contributed by atoms with E-state index in [1.54, 1.807) is 6.07 Å². The van der Waals surface area contributed by atoms with Gasteiger partial charge in [0.25, 0.3) is 10.0 Å². The molecule has 1 heterocycles. The predicted octanol–water partition coefficient (Wildman–Crippen LogP) is 1.79. The Morgan fingerprint density at radius 3 is 2.65 bits per heavy atom. The number of aryl methyl sites for hydroxylation is 1. The molecule has 0 unspecified atom stereocenters. The van der Waals surface area contributed by atoms with Crippen LogP contribution in [0.5, 0.6) is 0 Å². The summed E-state index contributed by atoms with van der Waals surface area (Å²) in [6.07, 6.45) is 1.42. The summed E-state index contributed by atoms with van der Waals surface area (Å²) in [7, 11) is -2.16. The highest BCUT2D eigenvalue weighted by Crippen LogP contribution is 2.20. The second-order valence-electron chi connectivity index (χ2n) is 4.65. The van der Waals surface area contributed by atoms with Crippen molar-refractivity contribution in [1.82, 2.24) is 9.29 Å². The fourth-order valence-corrected chi connectivity index (χ4v) is 3.09. The Hall–Kier alpha value is -1.92. The van der Waals surface area contributed by atoms with Crippen LogP contribution in [0.1, 0.15) is 11.1 Å². The molecule has 0 saturated heterocycles. The summed E-state index contributed by atoms with van der Waals surface area (Å²) in [4.78, 5) is 3.88. The van der Waals surface area contributed by atoms with Crippen LogP contribution in [0.25, 0.3) is 0 Å². The molecule has 0 amide bonds. The van der Waals surface area contributed by atoms with E-state index in [9.17, 15) is 8.42 Å². The van der Waals surface area contributed by atoms with E-state index in [0.29, 0.717) is 0 Å². The van der Waals surface area contributed by atoms with Crippen molar-refractivity contribution in [2.45, 2.75) is 18.5 Å². The van der Waals surface area contributed by atoms with Gasteiger partial charge in [-0.15, -0.1) is 0 Å². The molecule has 20 heavy (non-hydrogen) atoms. The maximum atomic E-state index is 12.4. The summed E-state index contributed by atoms with van der Waals surface area (Å²) < 4.78 is 26.1. The molecule has 0 fully saturated rings. The number of sulfonamides is 1. The van der Waals surface area contributed by atoms with Gasteiger partial charge in [0.05, 0.1) is 5.69 Å². The van der Waals surface area contributed by atoms with E-state index >= 15 is 0 Å². The minimum absolute atomic E-state index is 0.102. The molecule has 5 nitrogen and oxygen atoms in total. The van der Waals surface area contributed by atoms with E-state index in [2.05, 4.69) is 4.98 Å². The van der Waals surface area contributed by atoms with Crippen LogP contribution < -0.4 is 5.73 Å². The zero-order chi connectivity index (χ0) is 14.8. The fraction of sp³-hybridized carbons (Fsp3) is 0.214. The number of hydrogen-bond donors (Lipinski definition) is 1. The molecule has 2 aromatic rings. The number of nitrogen functional groups attached to an aromatic ring is 1. The van der Waals surface area contributed by atoms with Crippen molar-refractivity contribution in [3.63, 3.8) is 0 Å². The van der Waals surface area contributed by atoms with Gasteiger partial charge in [-0.05, 0) is 24.6 Å². The van der Waals surface area contributed by atoms with Gasteiger partial charge in [-0.3, -0.25) is 0 Å². The van der Waals surface area contributed by atoms with Gasteiger partial charge in [0.1, 0.15) is 0 Å². The van der Waals surface area contributed by atoms with Crippen molar-refractivity contribution in [2.75, 3.05) is 12.8 Å². The van der Waals surface area contributed by atoms with Gasteiger partial charge >= 0.3 is 0 Å². The standard InChI is InChI=1S/C14H17N3O2S/c1-11-5-3-6-12(9-11)10-17(2)20(18,19)14-13(15)7-4-8-16-14/h3-9H,10,15H2,1-2H3. The van der Waals surface area contributed by atoms with E-state index in [-0.39, 0.29) is 17.3 Å². The lowest BCUT2D eigenvalue weighted by Crippen LogP contribution is -2.28. The van der Waals surface area contributed by atoms with Crippen LogP contribution in [0, 0.1) is 6.92 Å². The zero-order valence-corrected chi connectivity index (χ0v) is 12.3. The SMILES string of the molecule is Cc1cccc(CN(C)S(=O)(=O)c2ncccc2N)c1. The predicted molar refractivity (Wildman–Crippen MR) is 78.5 cm³/mol. The number of nitrogens with two attached hydrogens (primary N) is 1. The Bertz CT molecular complexity index is 714. The molecule has 2 rings (SSSR count). The van der Waals surface area contributed by atoms with Crippen LogP contribution in [0.4, 0.5) is 5.69 Å². The molecular formula is C14H17N3O2S. The molecule has 0 spiro atoms. The lowest BCUT2D eigenvalue weighted by Gasteiger charge is -2.17. The van der Waals surface area contributed by atoms with Crippen LogP contribution in [0.15, 0.2) is 47.6 Å². The quantitative estimate of drug-likeness (QED) is 0.931. The van der Waals surface area contributed by atoms with Gasteiger partial charge in [0.2, 0.25) is 0 Å². The van der Waals surface area contributed by atoms with Gasteiger partial charge in [-0.25, -0.2) is 13.4 Å². The molecule has 0 aliphatic rings. The normalized spacial score (nSPS) is 11.8. The molecule has 1 aromatic carbocycles. The van der Waals surface area contributed by atoms with Crippen LogP contribution >= 0.6 is 0 Å². The molecule has 2 N–H and O–H groups in total. The first-order valence-electron chi connectivity index (χ1n) is 6.13. The largest absolute Gasteiger partial charge is 0.396 e. The summed E-state index contributed by atoms with van der Waals surface area (Å²) >= 11 is 0. The first-order chi connectivity index (χ1) is 9.41. The minimum Gasteiger partial charge on any atom is -0.396 e. The number of aromatic nitrogens is 1. The summed E-state index contributed by atoms with van der Waals surface area (Å²) in [5, 5.41) is -0.102. The number of nitrogens with zero attached hydrogens (tertiary/aromatic N) is 2. The van der Waals surface area contributed by atoms with E-state index in [0.717, 1.165) is 11.1 Å². The summed E-state index contributed by atoms with van der Waals surface area (Å²) in [5.74, 6) is 0. The highest BCUT2D eigenvalue weighted by Gasteiger charge is 2.24. The smallest absolute Gasteiger partial charge is 0.262 e. The molecule has 0 atom stereocenters. The van der Waals surface area contributed by atoms with Crippen molar-refractivity contribution >= 4 is 15.7 Å². The van der Waals surface area contributed by atoms with Gasteiger partial charge in [-0.2, -0.15) is 4.31 Å². The lowest BCUT2D eigenvalue weighted by molar-refractivity contribution is 0.464. The minimum atomic E-state index is -3.68. The molecule has 0 radical (unpaired) electrons. The maximum Gasteiger partial charge on any atom is 0.262 e.